The molecule has 0 saturated carbocycles. The Hall–Kier alpha value is -2.18. The highest BCUT2D eigenvalue weighted by Gasteiger charge is 2.04. The molecule has 2 nitrogen and oxygen atoms in total. The molecule has 2 aromatic carbocycles. The Morgan fingerprint density at radius 2 is 1.00 bits per heavy atom. The van der Waals surface area contributed by atoms with Crippen LogP contribution >= 0.6 is 21.6 Å². The topological polar surface area (TPSA) is 34.1 Å². The summed E-state index contributed by atoms with van der Waals surface area (Å²) in [6, 6.07) is 11.4. The second kappa shape index (κ2) is 9.20. The van der Waals surface area contributed by atoms with Gasteiger partial charge in [0.25, 0.3) is 0 Å². The molecule has 0 bridgehead atoms. The third-order valence-electron chi connectivity index (χ3n) is 2.77. The van der Waals surface area contributed by atoms with Gasteiger partial charge in [-0.25, -0.2) is 8.78 Å². The van der Waals surface area contributed by atoms with Gasteiger partial charge in [0.1, 0.15) is 11.6 Å². The van der Waals surface area contributed by atoms with Crippen LogP contribution in [0.15, 0.2) is 60.7 Å². The fourth-order valence-corrected chi connectivity index (χ4v) is 2.85. The molecule has 2 aromatic rings. The van der Waals surface area contributed by atoms with Gasteiger partial charge in [-0.15, -0.1) is 0 Å². The number of carbonyl (C=O) groups is 2. The van der Waals surface area contributed by atoms with Crippen molar-refractivity contribution in [1.29, 1.82) is 0 Å². The second-order valence-corrected chi connectivity index (χ2v) is 6.71. The minimum absolute atomic E-state index is 0.298. The Labute approximate surface area is 146 Å². The van der Waals surface area contributed by atoms with Gasteiger partial charge in [-0.05, 0) is 69.1 Å². The van der Waals surface area contributed by atoms with Crippen molar-refractivity contribution < 1.29 is 18.4 Å². The number of halogens is 2. The molecule has 0 aliphatic heterocycles. The summed E-state index contributed by atoms with van der Waals surface area (Å²) in [6.07, 6.45) is 5.74. The molecule has 0 aliphatic carbocycles. The minimum Gasteiger partial charge on any atom is -0.281 e. The highest BCUT2D eigenvalue weighted by molar-refractivity contribution is 8.87. The third kappa shape index (κ3) is 6.52. The Morgan fingerprint density at radius 1 is 0.667 bits per heavy atom. The molecule has 0 fully saturated rings. The standard InChI is InChI=1S/C18H12F2O2S2/c19-15-7-1-13(2-8-15)5-11-17(21)23-24-18(22)12-6-14-3-9-16(20)10-4-14/h1-12H/b11-5+,12-6+. The Bertz CT molecular complexity index is 699. The van der Waals surface area contributed by atoms with Crippen LogP contribution < -0.4 is 0 Å². The molecular weight excluding hydrogens is 350 g/mol. The molecule has 0 spiro atoms. The van der Waals surface area contributed by atoms with Crippen molar-refractivity contribution in [1.82, 2.24) is 0 Å². The zero-order valence-electron chi connectivity index (χ0n) is 12.3. The SMILES string of the molecule is O=C(/C=C/c1ccc(F)cc1)SSC(=O)/C=C/c1ccc(F)cc1. The number of benzene rings is 2. The van der Waals surface area contributed by atoms with E-state index in [9.17, 15) is 18.4 Å². The zero-order valence-corrected chi connectivity index (χ0v) is 14.0. The summed E-state index contributed by atoms with van der Waals surface area (Å²) in [5.41, 5.74) is 1.38. The second-order valence-electron chi connectivity index (χ2n) is 4.57. The first-order valence-electron chi connectivity index (χ1n) is 6.83. The van der Waals surface area contributed by atoms with Gasteiger partial charge in [0, 0.05) is 0 Å². The summed E-state index contributed by atoms with van der Waals surface area (Å²) in [7, 11) is 1.60. The van der Waals surface area contributed by atoms with Gasteiger partial charge in [0.15, 0.2) is 0 Å². The van der Waals surface area contributed by atoms with Crippen molar-refractivity contribution >= 4 is 44.0 Å². The smallest absolute Gasteiger partial charge is 0.223 e. The van der Waals surface area contributed by atoms with Gasteiger partial charge < -0.3 is 0 Å². The van der Waals surface area contributed by atoms with E-state index in [1.54, 1.807) is 36.4 Å². The van der Waals surface area contributed by atoms with E-state index in [4.69, 9.17) is 0 Å². The fraction of sp³-hybridized carbons (Fsp3) is 0. The Balaban J connectivity index is 1.79. The first-order valence-corrected chi connectivity index (χ1v) is 8.98. The van der Waals surface area contributed by atoms with Crippen molar-refractivity contribution in [2.24, 2.45) is 0 Å². The van der Waals surface area contributed by atoms with Crippen LogP contribution in [0.3, 0.4) is 0 Å². The average molecular weight is 362 g/mol. The van der Waals surface area contributed by atoms with E-state index in [0.717, 1.165) is 21.6 Å². The van der Waals surface area contributed by atoms with Gasteiger partial charge in [-0.1, -0.05) is 36.4 Å². The average Bonchev–Trinajstić information content (AvgIpc) is 2.59. The van der Waals surface area contributed by atoms with Gasteiger partial charge in [0.2, 0.25) is 10.2 Å². The van der Waals surface area contributed by atoms with Crippen LogP contribution in [0.5, 0.6) is 0 Å². The minimum atomic E-state index is -0.345. The zero-order chi connectivity index (χ0) is 17.4. The van der Waals surface area contributed by atoms with Gasteiger partial charge in [0.05, 0.1) is 0 Å². The maximum Gasteiger partial charge on any atom is 0.223 e. The van der Waals surface area contributed by atoms with Gasteiger partial charge in [-0.2, -0.15) is 0 Å². The lowest BCUT2D eigenvalue weighted by atomic mass is 10.2. The summed E-state index contributed by atoms with van der Waals surface area (Å²) >= 11 is 0. The summed E-state index contributed by atoms with van der Waals surface area (Å²) in [4.78, 5) is 23.3. The summed E-state index contributed by atoms with van der Waals surface area (Å²) in [5, 5.41) is -0.597. The summed E-state index contributed by atoms with van der Waals surface area (Å²) in [6.45, 7) is 0. The van der Waals surface area contributed by atoms with Crippen molar-refractivity contribution in [3.05, 3.63) is 83.4 Å². The van der Waals surface area contributed by atoms with E-state index < -0.39 is 0 Å². The van der Waals surface area contributed by atoms with E-state index in [0.29, 0.717) is 11.1 Å². The number of hydrogen-bond donors (Lipinski definition) is 0. The number of hydrogen-bond acceptors (Lipinski definition) is 4. The van der Waals surface area contributed by atoms with Crippen LogP contribution in [0.25, 0.3) is 12.2 Å². The van der Waals surface area contributed by atoms with Crippen molar-refractivity contribution in [2.75, 3.05) is 0 Å². The van der Waals surface area contributed by atoms with Gasteiger partial charge in [-0.3, -0.25) is 9.59 Å². The van der Waals surface area contributed by atoms with E-state index >= 15 is 0 Å². The summed E-state index contributed by atoms with van der Waals surface area (Å²) in [5.74, 6) is -0.691. The van der Waals surface area contributed by atoms with Crippen LogP contribution in [0, 0.1) is 11.6 Å². The maximum absolute atomic E-state index is 12.7. The molecule has 0 aliphatic rings. The molecule has 0 radical (unpaired) electrons. The lowest BCUT2D eigenvalue weighted by molar-refractivity contribution is -0.108. The van der Waals surface area contributed by atoms with Crippen molar-refractivity contribution in [3.8, 4) is 0 Å². The quantitative estimate of drug-likeness (QED) is 0.558. The maximum atomic E-state index is 12.7. The van der Waals surface area contributed by atoms with Crippen LogP contribution in [-0.4, -0.2) is 10.2 Å². The number of rotatable bonds is 4. The Kier molecular flexibility index (Phi) is 6.96. The van der Waals surface area contributed by atoms with E-state index in [-0.39, 0.29) is 21.9 Å². The van der Waals surface area contributed by atoms with Crippen molar-refractivity contribution in [2.45, 2.75) is 0 Å². The molecule has 0 N–H and O–H groups in total. The molecular formula is C18H12F2O2S2. The van der Waals surface area contributed by atoms with Crippen LogP contribution in [0.4, 0.5) is 8.78 Å². The Morgan fingerprint density at radius 3 is 1.33 bits per heavy atom. The van der Waals surface area contributed by atoms with Gasteiger partial charge >= 0.3 is 0 Å². The molecule has 24 heavy (non-hydrogen) atoms. The molecule has 0 amide bonds. The molecule has 0 unspecified atom stereocenters. The third-order valence-corrected chi connectivity index (χ3v) is 4.69. The molecule has 0 aromatic heterocycles. The largest absolute Gasteiger partial charge is 0.281 e. The lowest BCUT2D eigenvalue weighted by Crippen LogP contribution is -1.86. The first-order chi connectivity index (χ1) is 11.5. The lowest BCUT2D eigenvalue weighted by Gasteiger charge is -1.94. The fourth-order valence-electron chi connectivity index (χ4n) is 1.61. The highest BCUT2D eigenvalue weighted by Crippen LogP contribution is 2.24. The molecule has 2 rings (SSSR count). The predicted octanol–water partition coefficient (Wildman–Crippen LogP) is 5.13. The van der Waals surface area contributed by atoms with Crippen molar-refractivity contribution in [3.63, 3.8) is 0 Å². The molecule has 0 heterocycles. The highest BCUT2D eigenvalue weighted by atomic mass is 33.1. The molecule has 122 valence electrons. The van der Waals surface area contributed by atoms with E-state index in [2.05, 4.69) is 0 Å². The summed E-state index contributed by atoms with van der Waals surface area (Å²) < 4.78 is 25.5. The van der Waals surface area contributed by atoms with E-state index in [1.807, 2.05) is 0 Å². The van der Waals surface area contributed by atoms with Crippen LogP contribution in [-0.2, 0) is 9.59 Å². The normalized spacial score (nSPS) is 11.2. The monoisotopic (exact) mass is 362 g/mol. The molecule has 0 atom stereocenters. The molecule has 0 saturated heterocycles. The predicted molar refractivity (Wildman–Crippen MR) is 96.1 cm³/mol. The van der Waals surface area contributed by atoms with Crippen LogP contribution in [0.2, 0.25) is 0 Å². The van der Waals surface area contributed by atoms with Crippen LogP contribution in [0.1, 0.15) is 11.1 Å². The van der Waals surface area contributed by atoms with E-state index in [1.165, 1.54) is 36.4 Å². The number of carbonyl (C=O) groups excluding carboxylic acids is 2. The molecule has 6 heteroatoms. The first kappa shape index (κ1) is 18.2.